The van der Waals surface area contributed by atoms with E-state index in [0.717, 1.165) is 17.7 Å². The SMILES string of the molecule is COC(=O)c1cc(-c2cccc(CNC3CCSCC3)c2)cc([N+](=O)[O-])c1. The molecule has 0 aromatic heterocycles. The maximum Gasteiger partial charge on any atom is 0.338 e. The first-order valence-electron chi connectivity index (χ1n) is 8.85. The van der Waals surface area contributed by atoms with Gasteiger partial charge in [-0.05, 0) is 53.2 Å². The van der Waals surface area contributed by atoms with Crippen molar-refractivity contribution in [2.45, 2.75) is 25.4 Å². The number of thioether (sulfide) groups is 1. The second-order valence-corrected chi connectivity index (χ2v) is 7.71. The summed E-state index contributed by atoms with van der Waals surface area (Å²) in [5.74, 6) is 1.80. The molecule has 142 valence electrons. The van der Waals surface area contributed by atoms with Crippen LogP contribution in [0.3, 0.4) is 0 Å². The van der Waals surface area contributed by atoms with Gasteiger partial charge in [0, 0.05) is 24.7 Å². The number of hydrogen-bond donors (Lipinski definition) is 1. The van der Waals surface area contributed by atoms with Gasteiger partial charge in [0.25, 0.3) is 5.69 Å². The lowest BCUT2D eigenvalue weighted by Gasteiger charge is -2.22. The van der Waals surface area contributed by atoms with E-state index in [4.69, 9.17) is 4.74 Å². The van der Waals surface area contributed by atoms with Crippen molar-refractivity contribution in [2.75, 3.05) is 18.6 Å². The predicted molar refractivity (Wildman–Crippen MR) is 107 cm³/mol. The molecule has 2 aromatic rings. The molecule has 1 heterocycles. The van der Waals surface area contributed by atoms with Gasteiger partial charge in [-0.1, -0.05) is 18.2 Å². The molecule has 0 atom stereocenters. The number of nitro benzene ring substituents is 1. The van der Waals surface area contributed by atoms with Crippen LogP contribution in [0.4, 0.5) is 5.69 Å². The first kappa shape index (κ1) is 19.4. The van der Waals surface area contributed by atoms with Crippen LogP contribution in [-0.4, -0.2) is 35.5 Å². The smallest absolute Gasteiger partial charge is 0.338 e. The standard InChI is InChI=1S/C20H22N2O4S/c1-26-20(23)17-10-16(11-19(12-17)22(24)25)15-4-2-3-14(9-15)13-21-18-5-7-27-8-6-18/h2-4,9-12,18,21H,5-8,13H2,1H3. The molecule has 1 fully saturated rings. The van der Waals surface area contributed by atoms with Crippen LogP contribution < -0.4 is 5.32 Å². The van der Waals surface area contributed by atoms with Gasteiger partial charge >= 0.3 is 5.97 Å². The van der Waals surface area contributed by atoms with Crippen LogP contribution in [-0.2, 0) is 11.3 Å². The van der Waals surface area contributed by atoms with Crippen molar-refractivity contribution in [3.8, 4) is 11.1 Å². The number of benzene rings is 2. The van der Waals surface area contributed by atoms with E-state index >= 15 is 0 Å². The first-order valence-corrected chi connectivity index (χ1v) is 10.0. The Bertz CT molecular complexity index is 834. The van der Waals surface area contributed by atoms with Gasteiger partial charge in [-0.25, -0.2) is 4.79 Å². The number of hydrogen-bond acceptors (Lipinski definition) is 6. The van der Waals surface area contributed by atoms with E-state index in [1.165, 1.54) is 43.6 Å². The molecule has 27 heavy (non-hydrogen) atoms. The fourth-order valence-corrected chi connectivity index (χ4v) is 4.25. The predicted octanol–water partition coefficient (Wildman–Crippen LogP) is 4.03. The zero-order valence-electron chi connectivity index (χ0n) is 15.1. The Kier molecular flexibility index (Phi) is 6.47. The van der Waals surface area contributed by atoms with Crippen LogP contribution in [0, 0.1) is 10.1 Å². The van der Waals surface area contributed by atoms with Crippen LogP contribution in [0.25, 0.3) is 11.1 Å². The van der Waals surface area contributed by atoms with E-state index < -0.39 is 10.9 Å². The summed E-state index contributed by atoms with van der Waals surface area (Å²) in [4.78, 5) is 22.6. The van der Waals surface area contributed by atoms with Gasteiger partial charge in [0.05, 0.1) is 17.6 Å². The van der Waals surface area contributed by atoms with Gasteiger partial charge in [-0.15, -0.1) is 0 Å². The largest absolute Gasteiger partial charge is 0.465 e. The third-order valence-corrected chi connectivity index (χ3v) is 5.67. The van der Waals surface area contributed by atoms with Crippen molar-refractivity contribution in [3.05, 3.63) is 63.7 Å². The summed E-state index contributed by atoms with van der Waals surface area (Å²) in [6.45, 7) is 0.752. The number of nitrogens with one attached hydrogen (secondary N) is 1. The van der Waals surface area contributed by atoms with E-state index in [1.807, 2.05) is 36.0 Å². The minimum absolute atomic E-state index is 0.129. The molecule has 0 saturated carbocycles. The average Bonchev–Trinajstić information content (AvgIpc) is 2.72. The topological polar surface area (TPSA) is 81.5 Å². The summed E-state index contributed by atoms with van der Waals surface area (Å²) in [5.41, 5.74) is 2.61. The Morgan fingerprint density at radius 2 is 2.00 bits per heavy atom. The molecular weight excluding hydrogens is 364 g/mol. The summed E-state index contributed by atoms with van der Waals surface area (Å²) < 4.78 is 4.72. The van der Waals surface area contributed by atoms with Crippen molar-refractivity contribution >= 4 is 23.4 Å². The first-order chi connectivity index (χ1) is 13.1. The minimum atomic E-state index is -0.590. The molecule has 1 saturated heterocycles. The monoisotopic (exact) mass is 386 g/mol. The van der Waals surface area contributed by atoms with Crippen LogP contribution in [0.2, 0.25) is 0 Å². The lowest BCUT2D eigenvalue weighted by Crippen LogP contribution is -2.32. The molecule has 7 heteroatoms. The second kappa shape index (κ2) is 9.01. The summed E-state index contributed by atoms with van der Waals surface area (Å²) >= 11 is 2.00. The molecule has 0 spiro atoms. The Morgan fingerprint density at radius 1 is 1.22 bits per heavy atom. The second-order valence-electron chi connectivity index (χ2n) is 6.49. The number of non-ortho nitro benzene ring substituents is 1. The summed E-state index contributed by atoms with van der Waals surface area (Å²) in [6.07, 6.45) is 2.36. The van der Waals surface area contributed by atoms with Crippen LogP contribution in [0.5, 0.6) is 0 Å². The Hall–Kier alpha value is -2.38. The zero-order valence-corrected chi connectivity index (χ0v) is 16.0. The molecule has 1 aliphatic rings. The quantitative estimate of drug-likeness (QED) is 0.458. The van der Waals surface area contributed by atoms with Gasteiger partial charge in [0.15, 0.2) is 0 Å². The highest BCUT2D eigenvalue weighted by Gasteiger charge is 2.16. The van der Waals surface area contributed by atoms with Crippen LogP contribution in [0.15, 0.2) is 42.5 Å². The highest BCUT2D eigenvalue weighted by atomic mass is 32.2. The Balaban J connectivity index is 1.83. The molecule has 0 aliphatic carbocycles. The van der Waals surface area contributed by atoms with Crippen LogP contribution in [0.1, 0.15) is 28.8 Å². The number of methoxy groups -OCH3 is 1. The third-order valence-electron chi connectivity index (χ3n) is 4.63. The van der Waals surface area contributed by atoms with E-state index in [1.54, 1.807) is 6.07 Å². The fraction of sp³-hybridized carbons (Fsp3) is 0.350. The Labute approximate surface area is 162 Å². The molecule has 1 aliphatic heterocycles. The number of nitrogens with zero attached hydrogens (tertiary/aromatic N) is 1. The maximum absolute atomic E-state index is 11.9. The lowest BCUT2D eigenvalue weighted by molar-refractivity contribution is -0.384. The van der Waals surface area contributed by atoms with E-state index in [-0.39, 0.29) is 11.3 Å². The number of nitro groups is 1. The molecular formula is C20H22N2O4S. The highest BCUT2D eigenvalue weighted by molar-refractivity contribution is 7.99. The summed E-state index contributed by atoms with van der Waals surface area (Å²) in [6, 6.07) is 12.7. The lowest BCUT2D eigenvalue weighted by atomic mass is 10.00. The summed E-state index contributed by atoms with van der Waals surface area (Å²) in [5, 5.41) is 14.8. The summed E-state index contributed by atoms with van der Waals surface area (Å²) in [7, 11) is 1.26. The van der Waals surface area contributed by atoms with E-state index in [0.29, 0.717) is 11.6 Å². The van der Waals surface area contributed by atoms with Gasteiger partial charge < -0.3 is 10.1 Å². The average molecular weight is 386 g/mol. The minimum Gasteiger partial charge on any atom is -0.465 e. The van der Waals surface area contributed by atoms with Crippen molar-refractivity contribution in [1.29, 1.82) is 0 Å². The molecule has 0 radical (unpaired) electrons. The van der Waals surface area contributed by atoms with Gasteiger partial charge in [0.1, 0.15) is 0 Å². The molecule has 3 rings (SSSR count). The molecule has 2 aromatic carbocycles. The van der Waals surface area contributed by atoms with Crippen molar-refractivity contribution in [3.63, 3.8) is 0 Å². The number of esters is 1. The Morgan fingerprint density at radius 3 is 2.70 bits per heavy atom. The van der Waals surface area contributed by atoms with Gasteiger partial charge in [0.2, 0.25) is 0 Å². The van der Waals surface area contributed by atoms with Crippen LogP contribution >= 0.6 is 11.8 Å². The van der Waals surface area contributed by atoms with Gasteiger partial charge in [-0.2, -0.15) is 11.8 Å². The van der Waals surface area contributed by atoms with Crippen molar-refractivity contribution < 1.29 is 14.5 Å². The molecule has 0 unspecified atom stereocenters. The zero-order chi connectivity index (χ0) is 19.2. The number of ether oxygens (including phenoxy) is 1. The van der Waals surface area contributed by atoms with Gasteiger partial charge in [-0.3, -0.25) is 10.1 Å². The highest BCUT2D eigenvalue weighted by Crippen LogP contribution is 2.27. The van der Waals surface area contributed by atoms with E-state index in [2.05, 4.69) is 5.32 Å². The van der Waals surface area contributed by atoms with E-state index in [9.17, 15) is 14.9 Å². The molecule has 0 bridgehead atoms. The third kappa shape index (κ3) is 5.08. The molecule has 1 N–H and O–H groups in total. The fourth-order valence-electron chi connectivity index (χ4n) is 3.14. The maximum atomic E-state index is 11.9. The number of rotatable bonds is 6. The normalized spacial score (nSPS) is 14.7. The number of carbonyl (C=O) groups excluding carboxylic acids is 1. The molecule has 6 nitrogen and oxygen atoms in total. The number of carbonyl (C=O) groups is 1. The van der Waals surface area contributed by atoms with Crippen molar-refractivity contribution in [2.24, 2.45) is 0 Å². The van der Waals surface area contributed by atoms with Crippen molar-refractivity contribution in [1.82, 2.24) is 5.32 Å². The molecule has 0 amide bonds.